The first kappa shape index (κ1) is 14.0. The molecule has 102 valence electrons. The maximum atomic E-state index is 5.67. The van der Waals surface area contributed by atoms with Crippen LogP contribution < -0.4 is 0 Å². The monoisotopic (exact) mass is 315 g/mol. The number of nitrogens with zero attached hydrogens (tertiary/aromatic N) is 3. The summed E-state index contributed by atoms with van der Waals surface area (Å²) in [5.74, 6) is 0. The van der Waals surface area contributed by atoms with Gasteiger partial charge in [0, 0.05) is 26.2 Å². The van der Waals surface area contributed by atoms with Crippen LogP contribution in [0.4, 0.5) is 0 Å². The van der Waals surface area contributed by atoms with Gasteiger partial charge in [-0.25, -0.2) is 0 Å². The summed E-state index contributed by atoms with van der Waals surface area (Å²) in [5.41, 5.74) is 2.40. The van der Waals surface area contributed by atoms with Crippen LogP contribution in [0.5, 0.6) is 0 Å². The molecule has 0 spiro atoms. The van der Waals surface area contributed by atoms with Gasteiger partial charge in [0.25, 0.3) is 0 Å². The molecule has 2 atom stereocenters. The van der Waals surface area contributed by atoms with E-state index in [0.717, 1.165) is 31.8 Å². The van der Waals surface area contributed by atoms with Crippen LogP contribution in [0.15, 0.2) is 4.47 Å². The SMILES string of the molecule is CCc1nn(C)c(CN2CC(C)OCC2C)c1Br. The molecule has 0 N–H and O–H groups in total. The smallest absolute Gasteiger partial charge is 0.0767 e. The van der Waals surface area contributed by atoms with Gasteiger partial charge in [-0.1, -0.05) is 6.92 Å². The predicted octanol–water partition coefficient (Wildman–Crippen LogP) is 2.35. The van der Waals surface area contributed by atoms with Crippen LogP contribution in [0.3, 0.4) is 0 Å². The number of rotatable bonds is 3. The van der Waals surface area contributed by atoms with Crippen LogP contribution in [-0.2, 0) is 24.8 Å². The fraction of sp³-hybridized carbons (Fsp3) is 0.769. The van der Waals surface area contributed by atoms with Gasteiger partial charge in [0.2, 0.25) is 0 Å². The van der Waals surface area contributed by atoms with Crippen LogP contribution in [0.1, 0.15) is 32.2 Å². The predicted molar refractivity (Wildman–Crippen MR) is 75.6 cm³/mol. The fourth-order valence-electron chi connectivity index (χ4n) is 2.38. The van der Waals surface area contributed by atoms with Crippen LogP contribution in [0.2, 0.25) is 0 Å². The van der Waals surface area contributed by atoms with E-state index in [0.29, 0.717) is 12.1 Å². The van der Waals surface area contributed by atoms with Crippen molar-refractivity contribution in [3.8, 4) is 0 Å². The largest absolute Gasteiger partial charge is 0.376 e. The number of ether oxygens (including phenoxy) is 1. The van der Waals surface area contributed by atoms with Crippen molar-refractivity contribution >= 4 is 15.9 Å². The second-order valence-corrected chi connectivity index (χ2v) is 5.90. The highest BCUT2D eigenvalue weighted by molar-refractivity contribution is 9.10. The van der Waals surface area contributed by atoms with Gasteiger partial charge in [0.05, 0.1) is 28.6 Å². The van der Waals surface area contributed by atoms with E-state index in [1.165, 1.54) is 10.2 Å². The molecule has 2 heterocycles. The molecule has 1 aromatic rings. The van der Waals surface area contributed by atoms with Crippen molar-refractivity contribution in [2.45, 2.75) is 45.9 Å². The quantitative estimate of drug-likeness (QED) is 0.857. The highest BCUT2D eigenvalue weighted by atomic mass is 79.9. The molecule has 0 amide bonds. The molecular formula is C13H22BrN3O. The highest BCUT2D eigenvalue weighted by Gasteiger charge is 2.25. The second kappa shape index (κ2) is 5.72. The summed E-state index contributed by atoms with van der Waals surface area (Å²) in [7, 11) is 2.02. The Kier molecular flexibility index (Phi) is 4.45. The van der Waals surface area contributed by atoms with E-state index in [1.54, 1.807) is 0 Å². The van der Waals surface area contributed by atoms with E-state index < -0.39 is 0 Å². The van der Waals surface area contributed by atoms with Crippen molar-refractivity contribution in [3.05, 3.63) is 15.9 Å². The molecule has 5 heteroatoms. The van der Waals surface area contributed by atoms with Crippen LogP contribution in [0, 0.1) is 0 Å². The molecule has 1 aliphatic rings. The van der Waals surface area contributed by atoms with Crippen molar-refractivity contribution in [2.75, 3.05) is 13.2 Å². The van der Waals surface area contributed by atoms with Gasteiger partial charge in [-0.05, 0) is 36.2 Å². The van der Waals surface area contributed by atoms with Gasteiger partial charge in [-0.15, -0.1) is 0 Å². The Morgan fingerprint density at radius 1 is 1.44 bits per heavy atom. The zero-order valence-electron chi connectivity index (χ0n) is 11.6. The zero-order chi connectivity index (χ0) is 13.3. The lowest BCUT2D eigenvalue weighted by atomic mass is 10.2. The second-order valence-electron chi connectivity index (χ2n) is 5.11. The van der Waals surface area contributed by atoms with Crippen molar-refractivity contribution in [1.82, 2.24) is 14.7 Å². The van der Waals surface area contributed by atoms with E-state index in [-0.39, 0.29) is 0 Å². The Morgan fingerprint density at radius 2 is 2.17 bits per heavy atom. The van der Waals surface area contributed by atoms with E-state index >= 15 is 0 Å². The summed E-state index contributed by atoms with van der Waals surface area (Å²) in [6.45, 7) is 9.22. The van der Waals surface area contributed by atoms with Gasteiger partial charge in [0.15, 0.2) is 0 Å². The first-order valence-corrected chi connectivity index (χ1v) is 7.38. The molecule has 0 aliphatic carbocycles. The Labute approximate surface area is 117 Å². The molecule has 4 nitrogen and oxygen atoms in total. The topological polar surface area (TPSA) is 30.3 Å². The normalized spacial score (nSPS) is 25.6. The van der Waals surface area contributed by atoms with Crippen molar-refractivity contribution in [2.24, 2.45) is 7.05 Å². The van der Waals surface area contributed by atoms with Gasteiger partial charge in [-0.3, -0.25) is 9.58 Å². The molecule has 1 aromatic heterocycles. The number of hydrogen-bond acceptors (Lipinski definition) is 3. The lowest BCUT2D eigenvalue weighted by Crippen LogP contribution is -2.46. The number of halogens is 1. The van der Waals surface area contributed by atoms with Crippen LogP contribution >= 0.6 is 15.9 Å². The first-order chi connectivity index (χ1) is 8.52. The van der Waals surface area contributed by atoms with Gasteiger partial charge < -0.3 is 4.74 Å². The fourth-order valence-corrected chi connectivity index (χ4v) is 3.12. The van der Waals surface area contributed by atoms with Crippen LogP contribution in [-0.4, -0.2) is 40.0 Å². The maximum absolute atomic E-state index is 5.67. The number of aromatic nitrogens is 2. The number of morpholine rings is 1. The number of aryl methyl sites for hydroxylation is 2. The Morgan fingerprint density at radius 3 is 2.78 bits per heavy atom. The Balaban J connectivity index is 2.15. The Bertz CT molecular complexity index is 419. The minimum atomic E-state index is 0.318. The van der Waals surface area contributed by atoms with Crippen molar-refractivity contribution in [1.29, 1.82) is 0 Å². The van der Waals surface area contributed by atoms with E-state index in [2.05, 4.69) is 46.7 Å². The first-order valence-electron chi connectivity index (χ1n) is 6.58. The molecule has 1 fully saturated rings. The Hall–Kier alpha value is -0.390. The van der Waals surface area contributed by atoms with Gasteiger partial charge in [-0.2, -0.15) is 5.10 Å². The molecule has 1 aliphatic heterocycles. The molecule has 2 rings (SSSR count). The molecular weight excluding hydrogens is 294 g/mol. The number of hydrogen-bond donors (Lipinski definition) is 0. The third-order valence-corrected chi connectivity index (χ3v) is 4.51. The summed E-state index contributed by atoms with van der Waals surface area (Å²) in [4.78, 5) is 2.47. The molecule has 0 bridgehead atoms. The van der Waals surface area contributed by atoms with E-state index in [1.807, 2.05) is 11.7 Å². The van der Waals surface area contributed by atoms with E-state index in [4.69, 9.17) is 4.74 Å². The van der Waals surface area contributed by atoms with E-state index in [9.17, 15) is 0 Å². The molecule has 18 heavy (non-hydrogen) atoms. The van der Waals surface area contributed by atoms with Gasteiger partial charge in [0.1, 0.15) is 0 Å². The third-order valence-electron chi connectivity index (χ3n) is 3.59. The third kappa shape index (κ3) is 2.78. The summed E-state index contributed by atoms with van der Waals surface area (Å²) in [6.07, 6.45) is 1.28. The average molecular weight is 316 g/mol. The summed E-state index contributed by atoms with van der Waals surface area (Å²) >= 11 is 3.68. The lowest BCUT2D eigenvalue weighted by Gasteiger charge is -2.36. The van der Waals surface area contributed by atoms with Gasteiger partial charge >= 0.3 is 0 Å². The molecule has 1 saturated heterocycles. The highest BCUT2D eigenvalue weighted by Crippen LogP contribution is 2.24. The molecule has 0 radical (unpaired) electrons. The minimum Gasteiger partial charge on any atom is -0.376 e. The standard InChI is InChI=1S/C13H22BrN3O/c1-5-11-13(14)12(16(4)15-11)7-17-6-10(3)18-8-9(17)2/h9-10H,5-8H2,1-4H3. The molecule has 0 aromatic carbocycles. The lowest BCUT2D eigenvalue weighted by molar-refractivity contribution is -0.0534. The minimum absolute atomic E-state index is 0.318. The summed E-state index contributed by atoms with van der Waals surface area (Å²) in [6, 6.07) is 0.466. The van der Waals surface area contributed by atoms with Crippen LogP contribution in [0.25, 0.3) is 0 Å². The zero-order valence-corrected chi connectivity index (χ0v) is 13.2. The van der Waals surface area contributed by atoms with Crippen molar-refractivity contribution in [3.63, 3.8) is 0 Å². The molecule has 2 unspecified atom stereocenters. The molecule has 0 saturated carbocycles. The summed E-state index contributed by atoms with van der Waals surface area (Å²) < 4.78 is 8.83. The maximum Gasteiger partial charge on any atom is 0.0767 e. The summed E-state index contributed by atoms with van der Waals surface area (Å²) in [5, 5.41) is 4.55. The van der Waals surface area contributed by atoms with Crippen molar-refractivity contribution < 1.29 is 4.74 Å². The average Bonchev–Trinajstić information content (AvgIpc) is 2.61.